The van der Waals surface area contributed by atoms with E-state index in [2.05, 4.69) is 56.1 Å². The van der Waals surface area contributed by atoms with Crippen LogP contribution < -0.4 is 5.32 Å². The number of hydrogen-bond acceptors (Lipinski definition) is 2. The maximum Gasteiger partial charge on any atom is 0.0281 e. The fourth-order valence-electron chi connectivity index (χ4n) is 2.70. The van der Waals surface area contributed by atoms with Gasteiger partial charge in [-0.05, 0) is 33.3 Å². The lowest BCUT2D eigenvalue weighted by atomic mass is 9.98. The van der Waals surface area contributed by atoms with Gasteiger partial charge in [0, 0.05) is 31.7 Å². The van der Waals surface area contributed by atoms with Gasteiger partial charge in [-0.3, -0.25) is 4.90 Å². The standard InChI is InChI=1S/C15H24N2/c1-12-7-13(2)9-14(8-12)10-17-6-5-16-11-15(17,3)4/h7-9,16H,5-6,10-11H2,1-4H3. The first-order valence-corrected chi connectivity index (χ1v) is 6.50. The molecule has 2 rings (SSSR count). The summed E-state index contributed by atoms with van der Waals surface area (Å²) in [6, 6.07) is 6.86. The molecule has 1 fully saturated rings. The lowest BCUT2D eigenvalue weighted by molar-refractivity contribution is 0.0827. The van der Waals surface area contributed by atoms with Crippen LogP contribution in [0.4, 0.5) is 0 Å². The number of hydrogen-bond donors (Lipinski definition) is 1. The Balaban J connectivity index is 2.14. The van der Waals surface area contributed by atoms with Gasteiger partial charge in [0.1, 0.15) is 0 Å². The molecule has 0 bridgehead atoms. The fraction of sp³-hybridized carbons (Fsp3) is 0.600. The third kappa shape index (κ3) is 3.08. The van der Waals surface area contributed by atoms with Gasteiger partial charge < -0.3 is 5.32 Å². The molecule has 0 aromatic heterocycles. The SMILES string of the molecule is Cc1cc(C)cc(CN2CCNCC2(C)C)c1. The molecule has 1 heterocycles. The van der Waals surface area contributed by atoms with Gasteiger partial charge in [-0.25, -0.2) is 0 Å². The molecule has 2 heteroatoms. The molecule has 1 aliphatic rings. The van der Waals surface area contributed by atoms with Crippen LogP contribution >= 0.6 is 0 Å². The number of nitrogens with zero attached hydrogens (tertiary/aromatic N) is 1. The van der Waals surface area contributed by atoms with E-state index in [4.69, 9.17) is 0 Å². The van der Waals surface area contributed by atoms with E-state index < -0.39 is 0 Å². The Kier molecular flexibility index (Phi) is 3.55. The number of benzene rings is 1. The molecule has 0 unspecified atom stereocenters. The Labute approximate surface area is 105 Å². The van der Waals surface area contributed by atoms with E-state index in [0.29, 0.717) is 0 Å². The molecule has 17 heavy (non-hydrogen) atoms. The Hall–Kier alpha value is -0.860. The molecule has 0 spiro atoms. The van der Waals surface area contributed by atoms with Crippen LogP contribution in [0.5, 0.6) is 0 Å². The second-order valence-corrected chi connectivity index (χ2v) is 5.91. The van der Waals surface area contributed by atoms with Crippen LogP contribution in [0.25, 0.3) is 0 Å². The molecular formula is C15H24N2. The first kappa shape index (κ1) is 12.6. The van der Waals surface area contributed by atoms with Crippen molar-refractivity contribution in [2.75, 3.05) is 19.6 Å². The van der Waals surface area contributed by atoms with Gasteiger partial charge in [0.2, 0.25) is 0 Å². The third-order valence-electron chi connectivity index (χ3n) is 3.63. The predicted octanol–water partition coefficient (Wildman–Crippen LogP) is 2.49. The largest absolute Gasteiger partial charge is 0.314 e. The monoisotopic (exact) mass is 232 g/mol. The molecule has 0 aliphatic carbocycles. The van der Waals surface area contributed by atoms with Crippen LogP contribution in [0.1, 0.15) is 30.5 Å². The average Bonchev–Trinajstić information content (AvgIpc) is 2.19. The minimum absolute atomic E-state index is 0.260. The number of piperazine rings is 1. The maximum absolute atomic E-state index is 3.47. The highest BCUT2D eigenvalue weighted by molar-refractivity contribution is 5.28. The normalized spacial score (nSPS) is 20.5. The van der Waals surface area contributed by atoms with Crippen molar-refractivity contribution in [1.82, 2.24) is 10.2 Å². The van der Waals surface area contributed by atoms with E-state index in [-0.39, 0.29) is 5.54 Å². The van der Waals surface area contributed by atoms with E-state index in [1.54, 1.807) is 0 Å². The van der Waals surface area contributed by atoms with Gasteiger partial charge in [0.15, 0.2) is 0 Å². The molecule has 0 radical (unpaired) electrons. The first-order chi connectivity index (χ1) is 7.97. The zero-order valence-corrected chi connectivity index (χ0v) is 11.5. The van der Waals surface area contributed by atoms with Gasteiger partial charge >= 0.3 is 0 Å². The quantitative estimate of drug-likeness (QED) is 0.843. The Bertz CT molecular complexity index is 376. The van der Waals surface area contributed by atoms with Crippen LogP contribution in [0.2, 0.25) is 0 Å². The zero-order valence-electron chi connectivity index (χ0n) is 11.5. The molecule has 94 valence electrons. The molecule has 1 aliphatic heterocycles. The van der Waals surface area contributed by atoms with Crippen molar-refractivity contribution in [3.05, 3.63) is 34.9 Å². The molecular weight excluding hydrogens is 208 g/mol. The second kappa shape index (κ2) is 4.79. The number of rotatable bonds is 2. The summed E-state index contributed by atoms with van der Waals surface area (Å²) in [6.07, 6.45) is 0. The summed E-state index contributed by atoms with van der Waals surface area (Å²) in [5.74, 6) is 0. The predicted molar refractivity (Wildman–Crippen MR) is 73.3 cm³/mol. The van der Waals surface area contributed by atoms with Crippen molar-refractivity contribution >= 4 is 0 Å². The van der Waals surface area contributed by atoms with Crippen LogP contribution in [-0.4, -0.2) is 30.1 Å². The molecule has 0 amide bonds. The minimum atomic E-state index is 0.260. The minimum Gasteiger partial charge on any atom is -0.314 e. The summed E-state index contributed by atoms with van der Waals surface area (Å²) >= 11 is 0. The van der Waals surface area contributed by atoms with Crippen molar-refractivity contribution in [2.24, 2.45) is 0 Å². The van der Waals surface area contributed by atoms with E-state index in [1.807, 2.05) is 0 Å². The summed E-state index contributed by atoms with van der Waals surface area (Å²) in [6.45, 7) is 13.4. The molecule has 2 nitrogen and oxygen atoms in total. The summed E-state index contributed by atoms with van der Waals surface area (Å²) in [7, 11) is 0. The second-order valence-electron chi connectivity index (χ2n) is 5.91. The van der Waals surface area contributed by atoms with E-state index in [1.165, 1.54) is 16.7 Å². The number of nitrogens with one attached hydrogen (secondary N) is 1. The zero-order chi connectivity index (χ0) is 12.5. The van der Waals surface area contributed by atoms with Crippen molar-refractivity contribution in [3.8, 4) is 0 Å². The lowest BCUT2D eigenvalue weighted by Gasteiger charge is -2.43. The average molecular weight is 232 g/mol. The van der Waals surface area contributed by atoms with Crippen LogP contribution in [0.15, 0.2) is 18.2 Å². The summed E-state index contributed by atoms with van der Waals surface area (Å²) in [4.78, 5) is 2.58. The smallest absolute Gasteiger partial charge is 0.0281 e. The maximum atomic E-state index is 3.47. The van der Waals surface area contributed by atoms with E-state index in [9.17, 15) is 0 Å². The van der Waals surface area contributed by atoms with Crippen LogP contribution in [0, 0.1) is 13.8 Å². The summed E-state index contributed by atoms with van der Waals surface area (Å²) < 4.78 is 0. The van der Waals surface area contributed by atoms with Crippen molar-refractivity contribution in [3.63, 3.8) is 0 Å². The summed E-state index contributed by atoms with van der Waals surface area (Å²) in [5.41, 5.74) is 4.44. The first-order valence-electron chi connectivity index (χ1n) is 6.50. The highest BCUT2D eigenvalue weighted by atomic mass is 15.2. The lowest BCUT2D eigenvalue weighted by Crippen LogP contribution is -2.57. The molecule has 0 saturated carbocycles. The molecule has 1 N–H and O–H groups in total. The van der Waals surface area contributed by atoms with Gasteiger partial charge in [-0.15, -0.1) is 0 Å². The fourth-order valence-corrected chi connectivity index (χ4v) is 2.70. The molecule has 1 aromatic carbocycles. The number of aryl methyl sites for hydroxylation is 2. The highest BCUT2D eigenvalue weighted by Crippen LogP contribution is 2.20. The Morgan fingerprint density at radius 3 is 2.41 bits per heavy atom. The molecule has 0 atom stereocenters. The van der Waals surface area contributed by atoms with Crippen molar-refractivity contribution in [2.45, 2.75) is 39.8 Å². The van der Waals surface area contributed by atoms with Crippen LogP contribution in [-0.2, 0) is 6.54 Å². The molecule has 1 saturated heterocycles. The van der Waals surface area contributed by atoms with E-state index >= 15 is 0 Å². The van der Waals surface area contributed by atoms with E-state index in [0.717, 1.165) is 26.2 Å². The van der Waals surface area contributed by atoms with Crippen LogP contribution in [0.3, 0.4) is 0 Å². The van der Waals surface area contributed by atoms with Crippen molar-refractivity contribution < 1.29 is 0 Å². The Morgan fingerprint density at radius 2 is 1.82 bits per heavy atom. The van der Waals surface area contributed by atoms with Gasteiger partial charge in [0.25, 0.3) is 0 Å². The molecule has 1 aromatic rings. The van der Waals surface area contributed by atoms with Crippen molar-refractivity contribution in [1.29, 1.82) is 0 Å². The Morgan fingerprint density at radius 1 is 1.18 bits per heavy atom. The topological polar surface area (TPSA) is 15.3 Å². The third-order valence-corrected chi connectivity index (χ3v) is 3.63. The van der Waals surface area contributed by atoms with Gasteiger partial charge in [-0.2, -0.15) is 0 Å². The highest BCUT2D eigenvalue weighted by Gasteiger charge is 2.29. The van der Waals surface area contributed by atoms with Gasteiger partial charge in [0.05, 0.1) is 0 Å². The summed E-state index contributed by atoms with van der Waals surface area (Å²) in [5, 5.41) is 3.47. The van der Waals surface area contributed by atoms with Gasteiger partial charge in [-0.1, -0.05) is 29.3 Å².